The van der Waals surface area contributed by atoms with Crippen molar-refractivity contribution in [1.82, 2.24) is 15.0 Å². The Morgan fingerprint density at radius 3 is 2.95 bits per heavy atom. The van der Waals surface area contributed by atoms with Gasteiger partial charge in [-0.2, -0.15) is 0 Å². The molecule has 0 aliphatic carbocycles. The molecule has 0 atom stereocenters. The van der Waals surface area contributed by atoms with Crippen LogP contribution >= 0.6 is 0 Å². The summed E-state index contributed by atoms with van der Waals surface area (Å²) < 4.78 is 15.1. The van der Waals surface area contributed by atoms with Gasteiger partial charge in [0.25, 0.3) is 0 Å². The predicted molar refractivity (Wildman–Crippen MR) is 71.2 cm³/mol. The number of unbranched alkanes of at least 4 members (excludes halogenated alkanes) is 1. The molecular formula is C14H16FN3O2. The summed E-state index contributed by atoms with van der Waals surface area (Å²) in [4.78, 5) is 10.4. The van der Waals surface area contributed by atoms with Gasteiger partial charge in [-0.15, -0.1) is 5.10 Å². The Bertz CT molecular complexity index is 610. The number of hydrogen-bond acceptors (Lipinski definition) is 3. The third kappa shape index (κ3) is 3.63. The third-order valence-corrected chi connectivity index (χ3v) is 2.96. The van der Waals surface area contributed by atoms with Crippen molar-refractivity contribution in [3.8, 4) is 5.69 Å². The second-order valence-electron chi connectivity index (χ2n) is 4.71. The Morgan fingerprint density at radius 2 is 2.20 bits per heavy atom. The van der Waals surface area contributed by atoms with Crippen LogP contribution in [-0.4, -0.2) is 26.1 Å². The molecule has 0 spiro atoms. The Morgan fingerprint density at radius 1 is 1.40 bits per heavy atom. The van der Waals surface area contributed by atoms with Crippen molar-refractivity contribution < 1.29 is 14.3 Å². The van der Waals surface area contributed by atoms with Crippen LogP contribution in [0.3, 0.4) is 0 Å². The van der Waals surface area contributed by atoms with Gasteiger partial charge in [-0.3, -0.25) is 4.79 Å². The van der Waals surface area contributed by atoms with Crippen LogP contribution in [-0.2, 0) is 11.2 Å². The largest absolute Gasteiger partial charge is 0.481 e. The van der Waals surface area contributed by atoms with Crippen molar-refractivity contribution >= 4 is 5.97 Å². The van der Waals surface area contributed by atoms with Gasteiger partial charge in [0.1, 0.15) is 11.5 Å². The molecule has 0 unspecified atom stereocenters. The molecule has 2 rings (SSSR count). The first kappa shape index (κ1) is 14.2. The Labute approximate surface area is 116 Å². The Balaban J connectivity index is 2.01. The van der Waals surface area contributed by atoms with Crippen molar-refractivity contribution in [3.05, 3.63) is 41.5 Å². The van der Waals surface area contributed by atoms with Crippen LogP contribution in [0.2, 0.25) is 0 Å². The van der Waals surface area contributed by atoms with Gasteiger partial charge in [-0.1, -0.05) is 11.3 Å². The van der Waals surface area contributed by atoms with Gasteiger partial charge in [0, 0.05) is 6.42 Å². The summed E-state index contributed by atoms with van der Waals surface area (Å²) in [6.45, 7) is 1.88. The molecule has 106 valence electrons. The highest BCUT2D eigenvalue weighted by atomic mass is 19.1. The van der Waals surface area contributed by atoms with Crippen molar-refractivity contribution in [3.63, 3.8) is 0 Å². The molecule has 1 N–H and O–H groups in total. The summed E-state index contributed by atoms with van der Waals surface area (Å²) in [5.74, 6) is -1.14. The number of benzene rings is 1. The summed E-state index contributed by atoms with van der Waals surface area (Å²) in [6.07, 6.45) is 3.79. The van der Waals surface area contributed by atoms with Crippen molar-refractivity contribution in [2.75, 3.05) is 0 Å². The maximum absolute atomic E-state index is 13.7. The first-order valence-corrected chi connectivity index (χ1v) is 6.46. The van der Waals surface area contributed by atoms with E-state index in [0.717, 1.165) is 17.7 Å². The lowest BCUT2D eigenvalue weighted by Crippen LogP contribution is -1.99. The van der Waals surface area contributed by atoms with E-state index in [2.05, 4.69) is 10.3 Å². The lowest BCUT2D eigenvalue weighted by Gasteiger charge is -2.02. The van der Waals surface area contributed by atoms with Gasteiger partial charge in [0.05, 0.1) is 11.9 Å². The number of halogens is 1. The molecular weight excluding hydrogens is 261 g/mol. The minimum Gasteiger partial charge on any atom is -0.481 e. The number of aryl methyl sites for hydroxylation is 2. The number of carboxylic acid groups (broad SMARTS) is 1. The summed E-state index contributed by atoms with van der Waals surface area (Å²) >= 11 is 0. The fourth-order valence-electron chi connectivity index (χ4n) is 1.91. The molecule has 0 bridgehead atoms. The van der Waals surface area contributed by atoms with Crippen LogP contribution in [0.5, 0.6) is 0 Å². The normalized spacial score (nSPS) is 10.7. The van der Waals surface area contributed by atoms with Crippen LogP contribution in [0, 0.1) is 12.7 Å². The fraction of sp³-hybridized carbons (Fsp3) is 0.357. The Hall–Kier alpha value is -2.24. The smallest absolute Gasteiger partial charge is 0.303 e. The van der Waals surface area contributed by atoms with Gasteiger partial charge in [-0.25, -0.2) is 9.07 Å². The maximum Gasteiger partial charge on any atom is 0.303 e. The van der Waals surface area contributed by atoms with E-state index in [0.29, 0.717) is 18.5 Å². The van der Waals surface area contributed by atoms with Crippen molar-refractivity contribution in [1.29, 1.82) is 0 Å². The van der Waals surface area contributed by atoms with Crippen LogP contribution in [0.15, 0.2) is 24.4 Å². The number of nitrogens with zero attached hydrogens (tertiary/aromatic N) is 3. The molecule has 0 amide bonds. The van der Waals surface area contributed by atoms with E-state index in [-0.39, 0.29) is 12.2 Å². The van der Waals surface area contributed by atoms with E-state index in [1.54, 1.807) is 18.3 Å². The Kier molecular flexibility index (Phi) is 4.45. The van der Waals surface area contributed by atoms with Gasteiger partial charge in [0.2, 0.25) is 0 Å². The molecule has 5 nitrogen and oxygen atoms in total. The minimum absolute atomic E-state index is 0.153. The third-order valence-electron chi connectivity index (χ3n) is 2.96. The van der Waals surface area contributed by atoms with Crippen LogP contribution in [0.1, 0.15) is 30.5 Å². The summed E-state index contributed by atoms with van der Waals surface area (Å²) in [5, 5.41) is 16.4. The molecule has 0 radical (unpaired) electrons. The number of carboxylic acids is 1. The fourth-order valence-corrected chi connectivity index (χ4v) is 1.91. The quantitative estimate of drug-likeness (QED) is 0.824. The number of aromatic nitrogens is 3. The summed E-state index contributed by atoms with van der Waals surface area (Å²) in [6, 6.07) is 4.81. The van der Waals surface area contributed by atoms with Crippen LogP contribution < -0.4 is 0 Å². The average Bonchev–Trinajstić information content (AvgIpc) is 2.86. The van der Waals surface area contributed by atoms with E-state index in [4.69, 9.17) is 5.11 Å². The zero-order chi connectivity index (χ0) is 14.5. The van der Waals surface area contributed by atoms with E-state index < -0.39 is 5.97 Å². The monoisotopic (exact) mass is 277 g/mol. The predicted octanol–water partition coefficient (Wildman–Crippen LogP) is 2.51. The van der Waals surface area contributed by atoms with Gasteiger partial charge in [0.15, 0.2) is 0 Å². The molecule has 0 aliphatic rings. The number of aliphatic carboxylic acids is 1. The zero-order valence-corrected chi connectivity index (χ0v) is 11.2. The lowest BCUT2D eigenvalue weighted by molar-refractivity contribution is -0.137. The van der Waals surface area contributed by atoms with E-state index >= 15 is 0 Å². The van der Waals surface area contributed by atoms with Gasteiger partial charge in [-0.05, 0) is 43.9 Å². The number of carbonyl (C=O) groups is 1. The zero-order valence-electron chi connectivity index (χ0n) is 11.2. The van der Waals surface area contributed by atoms with Gasteiger partial charge < -0.3 is 5.11 Å². The molecule has 20 heavy (non-hydrogen) atoms. The number of rotatable bonds is 6. The SMILES string of the molecule is Cc1ccc(F)c(-n2cc(CCCCC(=O)O)nn2)c1. The molecule has 0 saturated heterocycles. The highest BCUT2D eigenvalue weighted by Crippen LogP contribution is 2.15. The van der Waals surface area contributed by atoms with E-state index in [1.807, 2.05) is 6.92 Å². The molecule has 1 aromatic heterocycles. The molecule has 0 aliphatic heterocycles. The molecule has 1 aromatic carbocycles. The molecule has 6 heteroatoms. The second kappa shape index (κ2) is 6.27. The van der Waals surface area contributed by atoms with Gasteiger partial charge >= 0.3 is 5.97 Å². The second-order valence-corrected chi connectivity index (χ2v) is 4.71. The first-order chi connectivity index (χ1) is 9.56. The van der Waals surface area contributed by atoms with Crippen molar-refractivity contribution in [2.24, 2.45) is 0 Å². The summed E-state index contributed by atoms with van der Waals surface area (Å²) in [7, 11) is 0. The highest BCUT2D eigenvalue weighted by Gasteiger charge is 2.08. The standard InChI is InChI=1S/C14H16FN3O2/c1-10-6-7-12(15)13(8-10)18-9-11(16-17-18)4-2-3-5-14(19)20/h6-9H,2-5H2,1H3,(H,19,20). The molecule has 0 fully saturated rings. The first-order valence-electron chi connectivity index (χ1n) is 6.46. The van der Waals surface area contributed by atoms with Crippen LogP contribution in [0.25, 0.3) is 5.69 Å². The van der Waals surface area contributed by atoms with Crippen LogP contribution in [0.4, 0.5) is 4.39 Å². The average molecular weight is 277 g/mol. The molecule has 2 aromatic rings. The van der Waals surface area contributed by atoms with Crippen molar-refractivity contribution in [2.45, 2.75) is 32.6 Å². The highest BCUT2D eigenvalue weighted by molar-refractivity contribution is 5.66. The lowest BCUT2D eigenvalue weighted by atomic mass is 10.1. The summed E-state index contributed by atoms with van der Waals surface area (Å²) in [5.41, 5.74) is 2.05. The number of hydrogen-bond donors (Lipinski definition) is 1. The molecule has 1 heterocycles. The topological polar surface area (TPSA) is 68.0 Å². The van der Waals surface area contributed by atoms with E-state index in [1.165, 1.54) is 10.7 Å². The minimum atomic E-state index is -0.796. The molecule has 0 saturated carbocycles. The maximum atomic E-state index is 13.7. The van der Waals surface area contributed by atoms with E-state index in [9.17, 15) is 9.18 Å².